The molecule has 0 saturated carbocycles. The van der Waals surface area contributed by atoms with Gasteiger partial charge >= 0.3 is 0 Å². The quantitative estimate of drug-likeness (QED) is 0.934. The maximum absolute atomic E-state index is 12.0. The summed E-state index contributed by atoms with van der Waals surface area (Å²) < 4.78 is 0. The number of hydrogen-bond donors (Lipinski definition) is 1. The first-order chi connectivity index (χ1) is 9.60. The number of nitrogens with zero attached hydrogens (tertiary/aromatic N) is 1. The maximum Gasteiger partial charge on any atom is 0.228 e. The molecule has 0 spiro atoms. The second-order valence-corrected chi connectivity index (χ2v) is 4.89. The Morgan fingerprint density at radius 2 is 2.05 bits per heavy atom. The van der Waals surface area contributed by atoms with E-state index < -0.39 is 0 Å². The topological polar surface area (TPSA) is 52.9 Å². The molecule has 1 N–H and O–H groups in total. The molecule has 0 unspecified atom stereocenters. The van der Waals surface area contributed by atoms with Gasteiger partial charge in [-0.25, -0.2) is 0 Å². The van der Waals surface area contributed by atoms with E-state index in [2.05, 4.69) is 5.32 Å². The zero-order valence-electron chi connectivity index (χ0n) is 11.0. The second kappa shape index (κ2) is 6.23. The van der Waals surface area contributed by atoms with Gasteiger partial charge in [-0.1, -0.05) is 35.9 Å². The fraction of sp³-hybridized carbons (Fsp3) is 0.125. The average Bonchev–Trinajstić information content (AvgIpc) is 2.41. The molecule has 4 heteroatoms. The molecule has 0 fully saturated rings. The molecule has 0 atom stereocenters. The molecule has 0 aliphatic carbocycles. The van der Waals surface area contributed by atoms with Gasteiger partial charge in [0.05, 0.1) is 17.7 Å². The monoisotopic (exact) mass is 284 g/mol. The first-order valence-electron chi connectivity index (χ1n) is 6.14. The van der Waals surface area contributed by atoms with E-state index in [4.69, 9.17) is 16.9 Å². The number of carbonyl (C=O) groups excluding carboxylic acids is 1. The lowest BCUT2D eigenvalue weighted by Gasteiger charge is -2.09. The van der Waals surface area contributed by atoms with E-state index in [1.165, 1.54) is 0 Å². The highest BCUT2D eigenvalue weighted by molar-refractivity contribution is 6.31. The highest BCUT2D eigenvalue weighted by Gasteiger charge is 2.09. The molecule has 0 bridgehead atoms. The van der Waals surface area contributed by atoms with Crippen LogP contribution in [0.2, 0.25) is 5.02 Å². The molecule has 20 heavy (non-hydrogen) atoms. The van der Waals surface area contributed by atoms with Gasteiger partial charge in [-0.05, 0) is 36.2 Å². The van der Waals surface area contributed by atoms with Crippen molar-refractivity contribution in [2.24, 2.45) is 0 Å². The molecule has 3 nitrogen and oxygen atoms in total. The number of nitriles is 1. The Morgan fingerprint density at radius 3 is 2.75 bits per heavy atom. The van der Waals surface area contributed by atoms with E-state index in [0.29, 0.717) is 16.3 Å². The molecule has 0 aliphatic heterocycles. The number of nitrogens with one attached hydrogen (secondary N) is 1. The van der Waals surface area contributed by atoms with E-state index in [9.17, 15) is 4.79 Å². The fourth-order valence-electron chi connectivity index (χ4n) is 1.89. The van der Waals surface area contributed by atoms with Gasteiger partial charge < -0.3 is 5.32 Å². The summed E-state index contributed by atoms with van der Waals surface area (Å²) in [5.74, 6) is -0.168. The number of amides is 1. The van der Waals surface area contributed by atoms with Crippen molar-refractivity contribution in [1.29, 1.82) is 5.26 Å². The third kappa shape index (κ3) is 3.37. The van der Waals surface area contributed by atoms with Crippen LogP contribution in [0, 0.1) is 18.3 Å². The Bertz CT molecular complexity index is 689. The van der Waals surface area contributed by atoms with Crippen molar-refractivity contribution < 1.29 is 4.79 Å². The Hall–Kier alpha value is -2.31. The van der Waals surface area contributed by atoms with E-state index in [1.54, 1.807) is 18.2 Å². The van der Waals surface area contributed by atoms with Crippen LogP contribution in [0.1, 0.15) is 16.7 Å². The van der Waals surface area contributed by atoms with Crippen molar-refractivity contribution in [3.8, 4) is 6.07 Å². The Labute approximate surface area is 122 Å². The van der Waals surface area contributed by atoms with E-state index >= 15 is 0 Å². The van der Waals surface area contributed by atoms with Crippen LogP contribution in [0.3, 0.4) is 0 Å². The summed E-state index contributed by atoms with van der Waals surface area (Å²) in [5, 5.41) is 12.2. The number of benzene rings is 2. The zero-order valence-corrected chi connectivity index (χ0v) is 11.7. The number of carbonyl (C=O) groups is 1. The molecule has 0 aliphatic rings. The van der Waals surface area contributed by atoms with E-state index in [-0.39, 0.29) is 12.3 Å². The zero-order chi connectivity index (χ0) is 14.5. The van der Waals surface area contributed by atoms with Gasteiger partial charge in [0.1, 0.15) is 6.07 Å². The summed E-state index contributed by atoms with van der Waals surface area (Å²) in [5.41, 5.74) is 2.87. The standard InChI is InChI=1S/C16H13ClN2O/c1-11-4-2-3-5-12(11)8-16(20)19-15-9-14(17)7-6-13(15)10-18/h2-7,9H,8H2,1H3,(H,19,20). The molecule has 0 saturated heterocycles. The molecule has 100 valence electrons. The lowest BCUT2D eigenvalue weighted by atomic mass is 10.1. The van der Waals surface area contributed by atoms with Gasteiger partial charge in [-0.15, -0.1) is 0 Å². The molecule has 2 aromatic carbocycles. The first-order valence-corrected chi connectivity index (χ1v) is 6.52. The summed E-state index contributed by atoms with van der Waals surface area (Å²) in [7, 11) is 0. The average molecular weight is 285 g/mol. The minimum Gasteiger partial charge on any atom is -0.325 e. The van der Waals surface area contributed by atoms with Crippen molar-refractivity contribution in [2.45, 2.75) is 13.3 Å². The van der Waals surface area contributed by atoms with Crippen LogP contribution in [-0.2, 0) is 11.2 Å². The van der Waals surface area contributed by atoms with Crippen LogP contribution in [0.5, 0.6) is 0 Å². The van der Waals surface area contributed by atoms with Gasteiger partial charge in [-0.3, -0.25) is 4.79 Å². The minimum absolute atomic E-state index is 0.168. The predicted octanol–water partition coefficient (Wildman–Crippen LogP) is 3.70. The van der Waals surface area contributed by atoms with Crippen LogP contribution < -0.4 is 5.32 Å². The van der Waals surface area contributed by atoms with Crippen LogP contribution >= 0.6 is 11.6 Å². The maximum atomic E-state index is 12.0. The summed E-state index contributed by atoms with van der Waals surface area (Å²) in [6.45, 7) is 1.96. The molecular weight excluding hydrogens is 272 g/mol. The largest absolute Gasteiger partial charge is 0.325 e. The molecule has 0 heterocycles. The number of rotatable bonds is 3. The number of halogens is 1. The summed E-state index contributed by atoms with van der Waals surface area (Å²) >= 11 is 5.88. The molecular formula is C16H13ClN2O. The van der Waals surface area contributed by atoms with Crippen LogP contribution in [0.15, 0.2) is 42.5 Å². The van der Waals surface area contributed by atoms with E-state index in [0.717, 1.165) is 11.1 Å². The number of aryl methyl sites for hydroxylation is 1. The Balaban J connectivity index is 2.15. The van der Waals surface area contributed by atoms with Crippen molar-refractivity contribution >= 4 is 23.2 Å². The predicted molar refractivity (Wildman–Crippen MR) is 79.7 cm³/mol. The number of hydrogen-bond acceptors (Lipinski definition) is 2. The third-order valence-corrected chi connectivity index (χ3v) is 3.22. The molecule has 1 amide bonds. The Kier molecular flexibility index (Phi) is 4.39. The van der Waals surface area contributed by atoms with Crippen molar-refractivity contribution in [1.82, 2.24) is 0 Å². The summed E-state index contributed by atoms with van der Waals surface area (Å²) in [6, 6.07) is 14.5. The highest BCUT2D eigenvalue weighted by atomic mass is 35.5. The van der Waals surface area contributed by atoms with Crippen molar-refractivity contribution in [2.75, 3.05) is 5.32 Å². The van der Waals surface area contributed by atoms with Crippen molar-refractivity contribution in [3.05, 3.63) is 64.2 Å². The lowest BCUT2D eigenvalue weighted by Crippen LogP contribution is -2.15. The van der Waals surface area contributed by atoms with Crippen LogP contribution in [0.25, 0.3) is 0 Å². The molecule has 0 radical (unpaired) electrons. The first kappa shape index (κ1) is 14.1. The fourth-order valence-corrected chi connectivity index (χ4v) is 2.07. The molecule has 2 rings (SSSR count). The van der Waals surface area contributed by atoms with Gasteiger partial charge in [0.25, 0.3) is 0 Å². The van der Waals surface area contributed by atoms with Crippen LogP contribution in [0.4, 0.5) is 5.69 Å². The third-order valence-electron chi connectivity index (χ3n) is 2.99. The number of anilines is 1. The molecule has 2 aromatic rings. The van der Waals surface area contributed by atoms with Gasteiger partial charge in [-0.2, -0.15) is 5.26 Å². The van der Waals surface area contributed by atoms with Gasteiger partial charge in [0.15, 0.2) is 0 Å². The van der Waals surface area contributed by atoms with Gasteiger partial charge in [0.2, 0.25) is 5.91 Å². The normalized spacial score (nSPS) is 9.85. The minimum atomic E-state index is -0.168. The van der Waals surface area contributed by atoms with Crippen LogP contribution in [-0.4, -0.2) is 5.91 Å². The van der Waals surface area contributed by atoms with Crippen molar-refractivity contribution in [3.63, 3.8) is 0 Å². The Morgan fingerprint density at radius 1 is 1.30 bits per heavy atom. The van der Waals surface area contributed by atoms with Gasteiger partial charge in [0, 0.05) is 5.02 Å². The second-order valence-electron chi connectivity index (χ2n) is 4.45. The summed E-state index contributed by atoms with van der Waals surface area (Å²) in [4.78, 5) is 12.0. The summed E-state index contributed by atoms with van der Waals surface area (Å²) in [6.07, 6.45) is 0.268. The SMILES string of the molecule is Cc1ccccc1CC(=O)Nc1cc(Cl)ccc1C#N. The lowest BCUT2D eigenvalue weighted by molar-refractivity contribution is -0.115. The molecule has 0 aromatic heterocycles. The highest BCUT2D eigenvalue weighted by Crippen LogP contribution is 2.20. The van der Waals surface area contributed by atoms with E-state index in [1.807, 2.05) is 37.3 Å². The smallest absolute Gasteiger partial charge is 0.228 e.